The fraction of sp³-hybridized carbons (Fsp3) is 1.00. The number of fused-ring (bicyclic) bond motifs is 1. The summed E-state index contributed by atoms with van der Waals surface area (Å²) in [5.41, 5.74) is 0. The molecule has 2 aliphatic rings. The number of rotatable bonds is 3. The van der Waals surface area contributed by atoms with Crippen molar-refractivity contribution < 1.29 is 18.9 Å². The van der Waals surface area contributed by atoms with Crippen LogP contribution < -0.4 is 5.32 Å². The lowest BCUT2D eigenvalue weighted by atomic mass is 10.1. The predicted octanol–water partition coefficient (Wildman–Crippen LogP) is 0.0972. The molecule has 0 saturated carbocycles. The van der Waals surface area contributed by atoms with Crippen LogP contribution in [0, 0.1) is 0 Å². The first kappa shape index (κ1) is 11.3. The Kier molecular flexibility index (Phi) is 3.00. The van der Waals surface area contributed by atoms with Crippen LogP contribution in [-0.2, 0) is 18.9 Å². The summed E-state index contributed by atoms with van der Waals surface area (Å²) in [6.07, 6.45) is -0.498. The molecule has 0 aromatic heterocycles. The van der Waals surface area contributed by atoms with Gasteiger partial charge in [-0.3, -0.25) is 0 Å². The monoisotopic (exact) mass is 217 g/mol. The van der Waals surface area contributed by atoms with E-state index < -0.39 is 5.79 Å². The van der Waals surface area contributed by atoms with Crippen LogP contribution in [-0.4, -0.2) is 51.1 Å². The zero-order chi connectivity index (χ0) is 11.1. The molecule has 2 saturated heterocycles. The molecule has 0 unspecified atom stereocenters. The Morgan fingerprint density at radius 1 is 1.27 bits per heavy atom. The Bertz CT molecular complexity index is 233. The second-order valence-corrected chi connectivity index (χ2v) is 4.40. The van der Waals surface area contributed by atoms with E-state index in [1.807, 2.05) is 20.9 Å². The lowest BCUT2D eigenvalue weighted by molar-refractivity contribution is -0.226. The van der Waals surface area contributed by atoms with Crippen LogP contribution in [0.3, 0.4) is 0 Å². The van der Waals surface area contributed by atoms with E-state index in [9.17, 15) is 0 Å². The van der Waals surface area contributed by atoms with Crippen LogP contribution in [0.2, 0.25) is 0 Å². The average Bonchev–Trinajstić information content (AvgIpc) is 2.61. The second kappa shape index (κ2) is 3.99. The van der Waals surface area contributed by atoms with Gasteiger partial charge >= 0.3 is 0 Å². The quantitative estimate of drug-likeness (QED) is 0.726. The summed E-state index contributed by atoms with van der Waals surface area (Å²) in [5.74, 6) is -0.540. The highest BCUT2D eigenvalue weighted by Gasteiger charge is 2.55. The molecule has 0 radical (unpaired) electrons. The van der Waals surface area contributed by atoms with Crippen molar-refractivity contribution in [2.75, 3.05) is 20.7 Å². The van der Waals surface area contributed by atoms with E-state index in [2.05, 4.69) is 5.32 Å². The van der Waals surface area contributed by atoms with Crippen LogP contribution >= 0.6 is 0 Å². The van der Waals surface area contributed by atoms with Gasteiger partial charge in [0.1, 0.15) is 18.3 Å². The van der Waals surface area contributed by atoms with Gasteiger partial charge in [-0.15, -0.1) is 0 Å². The van der Waals surface area contributed by atoms with Crippen molar-refractivity contribution in [3.63, 3.8) is 0 Å². The molecule has 0 aliphatic carbocycles. The summed E-state index contributed by atoms with van der Waals surface area (Å²) >= 11 is 0. The number of nitrogens with one attached hydrogen (secondary N) is 1. The standard InChI is InChI=1S/C10H19NO4/c1-10(2)14-7-6(5-11-3)13-9(12-4)8(7)15-10/h6-9,11H,5H2,1-4H3/t6-,7-,8+,9-/m0/s1. The molecule has 0 aromatic rings. The molecular weight excluding hydrogens is 198 g/mol. The number of ether oxygens (including phenoxy) is 4. The van der Waals surface area contributed by atoms with Gasteiger partial charge in [0.05, 0.1) is 0 Å². The van der Waals surface area contributed by atoms with Gasteiger partial charge < -0.3 is 24.3 Å². The van der Waals surface area contributed by atoms with E-state index in [0.29, 0.717) is 0 Å². The maximum atomic E-state index is 5.80. The third kappa shape index (κ3) is 2.03. The smallest absolute Gasteiger partial charge is 0.186 e. The molecule has 15 heavy (non-hydrogen) atoms. The third-order valence-electron chi connectivity index (χ3n) is 2.74. The molecule has 2 heterocycles. The Morgan fingerprint density at radius 3 is 2.53 bits per heavy atom. The van der Waals surface area contributed by atoms with Crippen molar-refractivity contribution in [1.29, 1.82) is 0 Å². The molecule has 0 spiro atoms. The zero-order valence-corrected chi connectivity index (χ0v) is 9.65. The molecule has 5 heteroatoms. The number of hydrogen-bond acceptors (Lipinski definition) is 5. The first-order chi connectivity index (χ1) is 7.07. The highest BCUT2D eigenvalue weighted by molar-refractivity contribution is 4.95. The Balaban J connectivity index is 2.08. The minimum Gasteiger partial charge on any atom is -0.353 e. The van der Waals surface area contributed by atoms with Crippen molar-refractivity contribution in [1.82, 2.24) is 5.32 Å². The Hall–Kier alpha value is -0.200. The first-order valence-corrected chi connectivity index (χ1v) is 5.26. The van der Waals surface area contributed by atoms with E-state index in [0.717, 1.165) is 6.54 Å². The van der Waals surface area contributed by atoms with Crippen molar-refractivity contribution in [3.05, 3.63) is 0 Å². The number of methoxy groups -OCH3 is 1. The molecule has 2 aliphatic heterocycles. The van der Waals surface area contributed by atoms with E-state index in [4.69, 9.17) is 18.9 Å². The fourth-order valence-electron chi connectivity index (χ4n) is 2.20. The molecule has 0 bridgehead atoms. The Morgan fingerprint density at radius 2 is 1.93 bits per heavy atom. The molecule has 4 atom stereocenters. The minimum atomic E-state index is -0.540. The van der Waals surface area contributed by atoms with Crippen LogP contribution in [0.4, 0.5) is 0 Å². The normalized spacial score (nSPS) is 43.2. The van der Waals surface area contributed by atoms with Crippen LogP contribution in [0.15, 0.2) is 0 Å². The van der Waals surface area contributed by atoms with Crippen molar-refractivity contribution in [3.8, 4) is 0 Å². The van der Waals surface area contributed by atoms with Crippen LogP contribution in [0.25, 0.3) is 0 Å². The highest BCUT2D eigenvalue weighted by atomic mass is 16.8. The summed E-state index contributed by atoms with van der Waals surface area (Å²) in [7, 11) is 3.51. The van der Waals surface area contributed by atoms with Crippen molar-refractivity contribution in [2.45, 2.75) is 44.2 Å². The SMILES string of the molecule is CNC[C@@H]1O[C@H](OC)[C@@H]2OC(C)(C)O[C@H]21. The van der Waals surface area contributed by atoms with E-state index in [-0.39, 0.29) is 24.6 Å². The van der Waals surface area contributed by atoms with Gasteiger partial charge in [0.15, 0.2) is 12.1 Å². The molecule has 2 rings (SSSR count). The largest absolute Gasteiger partial charge is 0.353 e. The van der Waals surface area contributed by atoms with Gasteiger partial charge in [-0.1, -0.05) is 0 Å². The summed E-state index contributed by atoms with van der Waals surface area (Å²) < 4.78 is 22.5. The van der Waals surface area contributed by atoms with Gasteiger partial charge in [-0.25, -0.2) is 0 Å². The fourth-order valence-corrected chi connectivity index (χ4v) is 2.20. The minimum absolute atomic E-state index is 0.00766. The number of likely N-dealkylation sites (N-methyl/N-ethyl adjacent to an activating group) is 1. The zero-order valence-electron chi connectivity index (χ0n) is 9.65. The predicted molar refractivity (Wildman–Crippen MR) is 53.4 cm³/mol. The average molecular weight is 217 g/mol. The maximum absolute atomic E-state index is 5.80. The molecule has 88 valence electrons. The van der Waals surface area contributed by atoms with Gasteiger partial charge in [-0.05, 0) is 20.9 Å². The van der Waals surface area contributed by atoms with Crippen molar-refractivity contribution in [2.24, 2.45) is 0 Å². The highest BCUT2D eigenvalue weighted by Crippen LogP contribution is 2.38. The van der Waals surface area contributed by atoms with Gasteiger partial charge in [0.2, 0.25) is 0 Å². The van der Waals surface area contributed by atoms with Crippen molar-refractivity contribution >= 4 is 0 Å². The molecule has 1 N–H and O–H groups in total. The summed E-state index contributed by atoms with van der Waals surface area (Å²) in [5, 5.41) is 3.08. The molecule has 2 fully saturated rings. The summed E-state index contributed by atoms with van der Waals surface area (Å²) in [6.45, 7) is 4.56. The van der Waals surface area contributed by atoms with Gasteiger partial charge in [-0.2, -0.15) is 0 Å². The van der Waals surface area contributed by atoms with Gasteiger partial charge in [0, 0.05) is 13.7 Å². The molecular formula is C10H19NO4. The summed E-state index contributed by atoms with van der Waals surface area (Å²) in [6, 6.07) is 0. The lowest BCUT2D eigenvalue weighted by Crippen LogP contribution is -2.36. The molecule has 0 amide bonds. The molecule has 5 nitrogen and oxygen atoms in total. The lowest BCUT2D eigenvalue weighted by Gasteiger charge is -2.23. The topological polar surface area (TPSA) is 49.0 Å². The van der Waals surface area contributed by atoms with Crippen LogP contribution in [0.5, 0.6) is 0 Å². The second-order valence-electron chi connectivity index (χ2n) is 4.40. The van der Waals surface area contributed by atoms with E-state index >= 15 is 0 Å². The molecule has 0 aromatic carbocycles. The third-order valence-corrected chi connectivity index (χ3v) is 2.74. The van der Waals surface area contributed by atoms with Gasteiger partial charge in [0.25, 0.3) is 0 Å². The van der Waals surface area contributed by atoms with E-state index in [1.165, 1.54) is 0 Å². The van der Waals surface area contributed by atoms with Crippen LogP contribution in [0.1, 0.15) is 13.8 Å². The maximum Gasteiger partial charge on any atom is 0.186 e. The van der Waals surface area contributed by atoms with E-state index in [1.54, 1.807) is 7.11 Å². The number of hydrogen-bond donors (Lipinski definition) is 1. The summed E-state index contributed by atoms with van der Waals surface area (Å²) in [4.78, 5) is 0. The Labute approximate surface area is 90.0 Å². The first-order valence-electron chi connectivity index (χ1n) is 5.26.